The van der Waals surface area contributed by atoms with Crippen LogP contribution in [0.15, 0.2) is 24.3 Å². The number of methoxy groups -OCH3 is 1. The number of piperidine rings is 1. The molecule has 1 saturated heterocycles. The zero-order valence-corrected chi connectivity index (χ0v) is 19.5. The molecule has 1 saturated carbocycles. The van der Waals surface area contributed by atoms with Crippen LogP contribution < -0.4 is 4.74 Å². The molecule has 2 aliphatic heterocycles. The van der Waals surface area contributed by atoms with Crippen molar-refractivity contribution in [1.82, 2.24) is 4.90 Å². The summed E-state index contributed by atoms with van der Waals surface area (Å²) in [7, 11) is 4.01. The van der Waals surface area contributed by atoms with E-state index in [1.54, 1.807) is 7.11 Å². The van der Waals surface area contributed by atoms with E-state index in [0.29, 0.717) is 17.7 Å². The molecule has 2 heterocycles. The molecular weight excluding hydrogens is 390 g/mol. The van der Waals surface area contributed by atoms with E-state index >= 15 is 0 Å². The lowest BCUT2D eigenvalue weighted by Gasteiger charge is -2.76. The van der Waals surface area contributed by atoms with Gasteiger partial charge in [0.1, 0.15) is 11.2 Å². The number of benzene rings is 1. The Morgan fingerprint density at radius 2 is 2.03 bits per heavy atom. The fraction of sp³-hybridized carbons (Fsp3) is 0.692. The summed E-state index contributed by atoms with van der Waals surface area (Å²) in [5, 5.41) is 22.4. The van der Waals surface area contributed by atoms with E-state index < -0.39 is 16.8 Å². The zero-order chi connectivity index (χ0) is 22.2. The number of fused-ring (bicyclic) bond motifs is 1. The fourth-order valence-corrected chi connectivity index (χ4v) is 9.22. The smallest absolute Gasteiger partial charge is 0.166 e. The molecule has 5 nitrogen and oxygen atoms in total. The van der Waals surface area contributed by atoms with E-state index in [2.05, 4.69) is 44.0 Å². The number of likely N-dealkylation sites (N-methyl/N-ethyl adjacent to an activating group) is 1. The van der Waals surface area contributed by atoms with Gasteiger partial charge in [-0.05, 0) is 65.3 Å². The second-order valence-electron chi connectivity index (χ2n) is 11.4. The highest BCUT2D eigenvalue weighted by atomic mass is 16.6. The Balaban J connectivity index is 1.78. The van der Waals surface area contributed by atoms with E-state index in [4.69, 9.17) is 9.47 Å². The molecule has 1 aromatic rings. The highest BCUT2D eigenvalue weighted by Crippen LogP contribution is 2.80. The number of hydrogen-bond donors (Lipinski definition) is 2. The van der Waals surface area contributed by atoms with Crippen molar-refractivity contribution in [2.24, 2.45) is 11.3 Å². The molecule has 4 bridgehead atoms. The first kappa shape index (κ1) is 20.1. The summed E-state index contributed by atoms with van der Waals surface area (Å²) in [6, 6.07) is 4.26. The molecule has 0 aromatic heterocycles. The molecule has 2 fully saturated rings. The average molecular weight is 426 g/mol. The summed E-state index contributed by atoms with van der Waals surface area (Å²) in [6.45, 7) is 9.25. The van der Waals surface area contributed by atoms with Crippen molar-refractivity contribution in [3.8, 4) is 11.5 Å². The van der Waals surface area contributed by atoms with Crippen LogP contribution in [0.1, 0.15) is 64.0 Å². The number of likely N-dealkylation sites (tertiary alicyclic amines) is 1. The number of rotatable bonds is 3. The number of hydrogen-bond acceptors (Lipinski definition) is 5. The van der Waals surface area contributed by atoms with Crippen LogP contribution in [0.25, 0.3) is 0 Å². The molecule has 4 aliphatic carbocycles. The van der Waals surface area contributed by atoms with E-state index in [-0.39, 0.29) is 22.5 Å². The minimum Gasteiger partial charge on any atom is -0.504 e. The quantitative estimate of drug-likeness (QED) is 0.723. The van der Waals surface area contributed by atoms with Crippen LogP contribution in [0.5, 0.6) is 11.5 Å². The number of aromatic hydroxyl groups is 1. The molecule has 7 unspecified atom stereocenters. The Bertz CT molecular complexity index is 1010. The SMILES string of the molecule is CCC1c2ccc(O)c3c2C24CCN(C)C1C21C=CC(OC)(C(C(C)(C)O)C1)C4(C)O3. The number of nitrogens with zero attached hydrogens (tertiary/aromatic N) is 1. The molecule has 0 amide bonds. The van der Waals surface area contributed by atoms with Gasteiger partial charge in [0.2, 0.25) is 0 Å². The lowest BCUT2D eigenvalue weighted by atomic mass is 9.31. The van der Waals surface area contributed by atoms with E-state index in [9.17, 15) is 10.2 Å². The van der Waals surface area contributed by atoms with Crippen molar-refractivity contribution in [1.29, 1.82) is 0 Å². The summed E-state index contributed by atoms with van der Waals surface area (Å²) in [5.74, 6) is 1.08. The van der Waals surface area contributed by atoms with Gasteiger partial charge in [-0.1, -0.05) is 25.1 Å². The average Bonchev–Trinajstić information content (AvgIpc) is 3.01. The maximum Gasteiger partial charge on any atom is 0.166 e. The summed E-state index contributed by atoms with van der Waals surface area (Å²) in [5.41, 5.74) is -0.381. The van der Waals surface area contributed by atoms with Crippen molar-refractivity contribution in [2.45, 2.75) is 81.1 Å². The largest absolute Gasteiger partial charge is 0.504 e. The molecule has 7 rings (SSSR count). The van der Waals surface area contributed by atoms with Gasteiger partial charge in [0.25, 0.3) is 0 Å². The second-order valence-corrected chi connectivity index (χ2v) is 11.4. The summed E-state index contributed by atoms with van der Waals surface area (Å²) in [6.07, 6.45) is 7.46. The zero-order valence-electron chi connectivity index (χ0n) is 19.5. The van der Waals surface area contributed by atoms with Crippen molar-refractivity contribution in [2.75, 3.05) is 20.7 Å². The van der Waals surface area contributed by atoms with Crippen LogP contribution in [-0.2, 0) is 10.2 Å². The molecule has 5 heteroatoms. The van der Waals surface area contributed by atoms with Crippen LogP contribution in [0.3, 0.4) is 0 Å². The molecule has 0 radical (unpaired) electrons. The minimum absolute atomic E-state index is 0.127. The number of aliphatic hydroxyl groups is 1. The first-order valence-corrected chi connectivity index (χ1v) is 11.8. The Morgan fingerprint density at radius 3 is 2.68 bits per heavy atom. The summed E-state index contributed by atoms with van der Waals surface area (Å²) >= 11 is 0. The van der Waals surface area contributed by atoms with Crippen LogP contribution in [-0.4, -0.2) is 58.7 Å². The standard InChI is InChI=1S/C26H35NO4/c1-7-15-16-8-9-17(28)20-19(16)25-12-13-27(5)21(15)24(25)10-11-26(30-6,23(25,4)31-20)18(14-24)22(2,3)29/h8-11,15,18,21,28-29H,7,12-14H2,1-6H3. The predicted molar refractivity (Wildman–Crippen MR) is 119 cm³/mol. The topological polar surface area (TPSA) is 62.2 Å². The normalized spacial score (nSPS) is 46.7. The van der Waals surface area contributed by atoms with Gasteiger partial charge < -0.3 is 24.6 Å². The van der Waals surface area contributed by atoms with Crippen LogP contribution in [0, 0.1) is 11.3 Å². The Morgan fingerprint density at radius 1 is 1.29 bits per heavy atom. The third-order valence-electron chi connectivity index (χ3n) is 10.2. The second kappa shape index (κ2) is 5.49. The Kier molecular flexibility index (Phi) is 3.56. The first-order valence-electron chi connectivity index (χ1n) is 11.8. The van der Waals surface area contributed by atoms with Gasteiger partial charge in [-0.15, -0.1) is 0 Å². The van der Waals surface area contributed by atoms with E-state index in [0.717, 1.165) is 25.8 Å². The maximum absolute atomic E-state index is 11.4. The van der Waals surface area contributed by atoms with Gasteiger partial charge in [-0.25, -0.2) is 0 Å². The first-order chi connectivity index (χ1) is 14.5. The molecule has 7 atom stereocenters. The van der Waals surface area contributed by atoms with Gasteiger partial charge in [0, 0.05) is 36.0 Å². The highest BCUT2D eigenvalue weighted by molar-refractivity contribution is 5.68. The van der Waals surface area contributed by atoms with Gasteiger partial charge in [-0.2, -0.15) is 0 Å². The molecule has 1 aromatic carbocycles. The lowest BCUT2D eigenvalue weighted by Crippen LogP contribution is -2.85. The van der Waals surface area contributed by atoms with Crippen LogP contribution >= 0.6 is 0 Å². The molecule has 168 valence electrons. The number of phenols is 1. The Hall–Kier alpha value is -1.56. The van der Waals surface area contributed by atoms with Crippen LogP contribution in [0.4, 0.5) is 0 Å². The molecule has 31 heavy (non-hydrogen) atoms. The molecule has 6 aliphatic rings. The van der Waals surface area contributed by atoms with E-state index in [1.165, 1.54) is 11.1 Å². The van der Waals surface area contributed by atoms with Crippen molar-refractivity contribution < 1.29 is 19.7 Å². The predicted octanol–water partition coefficient (Wildman–Crippen LogP) is 3.72. The monoisotopic (exact) mass is 425 g/mol. The van der Waals surface area contributed by atoms with Crippen molar-refractivity contribution in [3.63, 3.8) is 0 Å². The number of phenolic OH excluding ortho intramolecular Hbond substituents is 1. The highest BCUT2D eigenvalue weighted by Gasteiger charge is 2.85. The maximum atomic E-state index is 11.4. The van der Waals surface area contributed by atoms with Gasteiger partial charge in [-0.3, -0.25) is 0 Å². The third-order valence-corrected chi connectivity index (χ3v) is 10.2. The lowest BCUT2D eigenvalue weighted by molar-refractivity contribution is -0.285. The summed E-state index contributed by atoms with van der Waals surface area (Å²) in [4.78, 5) is 2.55. The van der Waals surface area contributed by atoms with Gasteiger partial charge in [0.15, 0.2) is 11.5 Å². The minimum atomic E-state index is -0.937. The number of ether oxygens (including phenoxy) is 2. The molecule has 2 N–H and O–H groups in total. The van der Waals surface area contributed by atoms with Crippen molar-refractivity contribution in [3.05, 3.63) is 35.4 Å². The van der Waals surface area contributed by atoms with Gasteiger partial charge >= 0.3 is 0 Å². The van der Waals surface area contributed by atoms with E-state index in [1.807, 2.05) is 19.9 Å². The Labute approximate surface area is 185 Å². The van der Waals surface area contributed by atoms with Crippen LogP contribution in [0.2, 0.25) is 0 Å². The summed E-state index contributed by atoms with van der Waals surface area (Å²) < 4.78 is 13.3. The molecule has 2 spiro atoms. The van der Waals surface area contributed by atoms with Crippen molar-refractivity contribution >= 4 is 0 Å². The van der Waals surface area contributed by atoms with Gasteiger partial charge in [0.05, 0.1) is 11.0 Å². The fourth-order valence-electron chi connectivity index (χ4n) is 9.22. The molecular formula is C26H35NO4. The third kappa shape index (κ3) is 1.75.